The molecule has 0 aliphatic carbocycles. The standard InChI is InChI=1S/C19H15ClFN3O2S2/c1-2-24-16-6-4-3-5-14(16)18-17(28(24,25)26)10-22-19(23-18)27-11-12-7-8-13(21)9-15(12)20/h3-10H,2,11H2,1H3. The van der Waals surface area contributed by atoms with Gasteiger partial charge in [-0.25, -0.2) is 22.8 Å². The first-order valence-electron chi connectivity index (χ1n) is 8.47. The number of hydrogen-bond acceptors (Lipinski definition) is 5. The second kappa shape index (κ2) is 7.35. The van der Waals surface area contributed by atoms with E-state index in [0.717, 1.165) is 11.1 Å². The minimum atomic E-state index is -3.71. The Morgan fingerprint density at radius 1 is 1.21 bits per heavy atom. The highest BCUT2D eigenvalue weighted by Gasteiger charge is 2.35. The zero-order valence-corrected chi connectivity index (χ0v) is 17.2. The molecular weight excluding hydrogens is 421 g/mol. The van der Waals surface area contributed by atoms with E-state index in [1.807, 2.05) is 12.1 Å². The van der Waals surface area contributed by atoms with Gasteiger partial charge in [-0.3, -0.25) is 4.31 Å². The van der Waals surface area contributed by atoms with Crippen molar-refractivity contribution in [3.8, 4) is 11.3 Å². The molecule has 1 aliphatic rings. The molecule has 0 radical (unpaired) electrons. The number of para-hydroxylation sites is 1. The van der Waals surface area contributed by atoms with Crippen LogP contribution in [-0.4, -0.2) is 24.9 Å². The van der Waals surface area contributed by atoms with E-state index in [0.29, 0.717) is 33.9 Å². The molecule has 1 aliphatic heterocycles. The summed E-state index contributed by atoms with van der Waals surface area (Å²) in [6.45, 7) is 2.11. The highest BCUT2D eigenvalue weighted by atomic mass is 35.5. The molecule has 1 aromatic heterocycles. The quantitative estimate of drug-likeness (QED) is 0.437. The number of aromatic nitrogens is 2. The Balaban J connectivity index is 1.72. The van der Waals surface area contributed by atoms with Crippen molar-refractivity contribution in [3.05, 3.63) is 65.1 Å². The number of sulfonamides is 1. The molecule has 0 amide bonds. The lowest BCUT2D eigenvalue weighted by molar-refractivity contribution is 0.589. The first kappa shape index (κ1) is 19.2. The van der Waals surface area contributed by atoms with Crippen molar-refractivity contribution in [2.75, 3.05) is 10.8 Å². The minimum absolute atomic E-state index is 0.0946. The zero-order chi connectivity index (χ0) is 19.9. The summed E-state index contributed by atoms with van der Waals surface area (Å²) in [5.74, 6) is 0.0407. The average molecular weight is 436 g/mol. The van der Waals surface area contributed by atoms with Crippen LogP contribution >= 0.6 is 23.4 Å². The maximum Gasteiger partial charge on any atom is 0.268 e. The summed E-state index contributed by atoms with van der Waals surface area (Å²) in [6.07, 6.45) is 1.35. The van der Waals surface area contributed by atoms with E-state index in [2.05, 4.69) is 9.97 Å². The van der Waals surface area contributed by atoms with Crippen molar-refractivity contribution >= 4 is 39.1 Å². The molecule has 2 aromatic carbocycles. The van der Waals surface area contributed by atoms with Gasteiger partial charge in [0, 0.05) is 22.9 Å². The predicted octanol–water partition coefficient (Wildman–Crippen LogP) is 4.76. The normalized spacial score (nSPS) is 14.5. The van der Waals surface area contributed by atoms with E-state index in [1.54, 1.807) is 25.1 Å². The summed E-state index contributed by atoms with van der Waals surface area (Å²) in [4.78, 5) is 8.83. The van der Waals surface area contributed by atoms with Gasteiger partial charge in [0.05, 0.1) is 17.6 Å². The molecule has 0 saturated heterocycles. The van der Waals surface area contributed by atoms with Gasteiger partial charge in [-0.05, 0) is 30.7 Å². The SMILES string of the molecule is CCN1c2ccccc2-c2nc(SCc3ccc(F)cc3Cl)ncc2S1(=O)=O. The van der Waals surface area contributed by atoms with Gasteiger partial charge in [-0.1, -0.05) is 47.6 Å². The molecule has 0 bridgehead atoms. The smallest absolute Gasteiger partial charge is 0.266 e. The monoisotopic (exact) mass is 435 g/mol. The van der Waals surface area contributed by atoms with Crippen LogP contribution in [0.15, 0.2) is 58.7 Å². The molecular formula is C19H15ClFN3O2S2. The number of nitrogens with zero attached hydrogens (tertiary/aromatic N) is 3. The fourth-order valence-corrected chi connectivity index (χ4v) is 5.78. The molecule has 9 heteroatoms. The van der Waals surface area contributed by atoms with E-state index < -0.39 is 15.8 Å². The maximum atomic E-state index is 13.2. The predicted molar refractivity (Wildman–Crippen MR) is 109 cm³/mol. The largest absolute Gasteiger partial charge is 0.268 e. The minimum Gasteiger partial charge on any atom is -0.266 e. The number of fused-ring (bicyclic) bond motifs is 3. The lowest BCUT2D eigenvalue weighted by Gasteiger charge is -2.30. The van der Waals surface area contributed by atoms with Gasteiger partial charge >= 0.3 is 0 Å². The molecule has 5 nitrogen and oxygen atoms in total. The van der Waals surface area contributed by atoms with Crippen molar-refractivity contribution in [1.29, 1.82) is 0 Å². The number of rotatable bonds is 4. The average Bonchev–Trinajstić information content (AvgIpc) is 2.67. The Bertz CT molecular complexity index is 1170. The van der Waals surface area contributed by atoms with Gasteiger partial charge in [0.25, 0.3) is 10.0 Å². The summed E-state index contributed by atoms with van der Waals surface area (Å²) < 4.78 is 40.5. The van der Waals surface area contributed by atoms with E-state index >= 15 is 0 Å². The third-order valence-corrected chi connectivity index (χ3v) is 7.54. The van der Waals surface area contributed by atoms with Crippen LogP contribution in [0, 0.1) is 5.82 Å². The first-order chi connectivity index (χ1) is 13.4. The Labute approximate surface area is 171 Å². The van der Waals surface area contributed by atoms with Crippen LogP contribution in [0.5, 0.6) is 0 Å². The van der Waals surface area contributed by atoms with Gasteiger partial charge in [-0.15, -0.1) is 0 Å². The van der Waals surface area contributed by atoms with Crippen LogP contribution in [0.3, 0.4) is 0 Å². The van der Waals surface area contributed by atoms with Crippen molar-refractivity contribution in [3.63, 3.8) is 0 Å². The molecule has 4 rings (SSSR count). The van der Waals surface area contributed by atoms with Crippen LogP contribution in [0.4, 0.5) is 10.1 Å². The molecule has 28 heavy (non-hydrogen) atoms. The van der Waals surface area contributed by atoms with Crippen molar-refractivity contribution < 1.29 is 12.8 Å². The summed E-state index contributed by atoms with van der Waals surface area (Å²) in [5, 5.41) is 0.756. The number of thioether (sulfide) groups is 1. The second-order valence-electron chi connectivity index (χ2n) is 6.08. The fourth-order valence-electron chi connectivity index (χ4n) is 3.07. The Hall–Kier alpha value is -2.16. The molecule has 0 spiro atoms. The van der Waals surface area contributed by atoms with E-state index in [-0.39, 0.29) is 4.90 Å². The van der Waals surface area contributed by atoms with Crippen LogP contribution in [0.25, 0.3) is 11.3 Å². The first-order valence-corrected chi connectivity index (χ1v) is 11.3. The number of benzene rings is 2. The Morgan fingerprint density at radius 2 is 2.00 bits per heavy atom. The van der Waals surface area contributed by atoms with E-state index in [4.69, 9.17) is 11.6 Å². The fraction of sp³-hybridized carbons (Fsp3) is 0.158. The van der Waals surface area contributed by atoms with Gasteiger partial charge in [0.2, 0.25) is 0 Å². The molecule has 3 aromatic rings. The van der Waals surface area contributed by atoms with Crippen LogP contribution in [0.2, 0.25) is 5.02 Å². The summed E-state index contributed by atoms with van der Waals surface area (Å²) in [6, 6.07) is 11.5. The third kappa shape index (κ3) is 3.25. The van der Waals surface area contributed by atoms with Crippen molar-refractivity contribution in [2.45, 2.75) is 22.7 Å². The van der Waals surface area contributed by atoms with E-state index in [9.17, 15) is 12.8 Å². The molecule has 0 saturated carbocycles. The summed E-state index contributed by atoms with van der Waals surface area (Å²) >= 11 is 7.38. The molecule has 0 unspecified atom stereocenters. The third-order valence-electron chi connectivity index (χ3n) is 4.39. The van der Waals surface area contributed by atoms with Crippen molar-refractivity contribution in [1.82, 2.24) is 9.97 Å². The Kier molecular flexibility index (Phi) is 5.03. The summed E-state index contributed by atoms with van der Waals surface area (Å²) in [5.41, 5.74) is 2.49. The lowest BCUT2D eigenvalue weighted by Crippen LogP contribution is -2.34. The second-order valence-corrected chi connectivity index (χ2v) is 9.26. The molecule has 0 atom stereocenters. The molecule has 0 fully saturated rings. The molecule has 0 N–H and O–H groups in total. The van der Waals surface area contributed by atoms with Gasteiger partial charge < -0.3 is 0 Å². The van der Waals surface area contributed by atoms with Crippen molar-refractivity contribution in [2.24, 2.45) is 0 Å². The van der Waals surface area contributed by atoms with Crippen LogP contribution in [-0.2, 0) is 15.8 Å². The number of hydrogen-bond donors (Lipinski definition) is 0. The van der Waals surface area contributed by atoms with Gasteiger partial charge in [0.1, 0.15) is 10.7 Å². The highest BCUT2D eigenvalue weighted by molar-refractivity contribution is 7.98. The number of halogens is 2. The Morgan fingerprint density at radius 3 is 2.75 bits per heavy atom. The number of anilines is 1. The van der Waals surface area contributed by atoms with Crippen LogP contribution in [0.1, 0.15) is 12.5 Å². The lowest BCUT2D eigenvalue weighted by atomic mass is 10.1. The van der Waals surface area contributed by atoms with E-state index in [1.165, 1.54) is 34.4 Å². The molecule has 144 valence electrons. The zero-order valence-electron chi connectivity index (χ0n) is 14.8. The molecule has 2 heterocycles. The highest BCUT2D eigenvalue weighted by Crippen LogP contribution is 2.42. The van der Waals surface area contributed by atoms with Gasteiger partial charge in [0.15, 0.2) is 5.16 Å². The van der Waals surface area contributed by atoms with Gasteiger partial charge in [-0.2, -0.15) is 0 Å². The topological polar surface area (TPSA) is 63.2 Å². The maximum absolute atomic E-state index is 13.2. The van der Waals surface area contributed by atoms with Crippen LogP contribution < -0.4 is 4.31 Å². The summed E-state index contributed by atoms with van der Waals surface area (Å²) in [7, 11) is -3.71.